The van der Waals surface area contributed by atoms with Crippen molar-refractivity contribution in [2.75, 3.05) is 6.54 Å². The zero-order valence-corrected chi connectivity index (χ0v) is 8.17. The summed E-state index contributed by atoms with van der Waals surface area (Å²) in [7, 11) is 0. The van der Waals surface area contributed by atoms with Gasteiger partial charge in [0, 0.05) is 12.7 Å². The first kappa shape index (κ1) is 12.5. The van der Waals surface area contributed by atoms with Gasteiger partial charge in [0.15, 0.2) is 5.82 Å². The van der Waals surface area contributed by atoms with E-state index in [2.05, 4.69) is 4.98 Å². The minimum Gasteiger partial charge on any atom is -0.478 e. The monoisotopic (exact) mass is 230 g/mol. The van der Waals surface area contributed by atoms with Crippen LogP contribution in [0.25, 0.3) is 0 Å². The number of hydrogen-bond donors (Lipinski definition) is 4. The van der Waals surface area contributed by atoms with Crippen molar-refractivity contribution in [2.45, 2.75) is 12.2 Å². The van der Waals surface area contributed by atoms with E-state index in [1.165, 1.54) is 0 Å². The van der Waals surface area contributed by atoms with E-state index in [0.29, 0.717) is 0 Å². The molecule has 0 aliphatic carbocycles. The molecule has 0 saturated carbocycles. The maximum Gasteiger partial charge on any atom is 0.338 e. The van der Waals surface area contributed by atoms with Gasteiger partial charge in [-0.1, -0.05) is 0 Å². The zero-order chi connectivity index (χ0) is 12.3. The molecule has 2 unspecified atom stereocenters. The Morgan fingerprint density at radius 2 is 2.19 bits per heavy atom. The SMILES string of the molecule is NCC(O)C(O)c1nccc(C(=O)O)c1F. The van der Waals surface area contributed by atoms with Gasteiger partial charge in [-0.3, -0.25) is 4.98 Å². The quantitative estimate of drug-likeness (QED) is 0.542. The van der Waals surface area contributed by atoms with Gasteiger partial charge >= 0.3 is 5.97 Å². The molecule has 1 aromatic heterocycles. The molecule has 88 valence electrons. The van der Waals surface area contributed by atoms with Gasteiger partial charge in [0.25, 0.3) is 0 Å². The molecule has 7 heteroatoms. The van der Waals surface area contributed by atoms with Crippen LogP contribution in [0.1, 0.15) is 22.2 Å². The van der Waals surface area contributed by atoms with Crippen molar-refractivity contribution in [3.05, 3.63) is 29.3 Å². The molecule has 0 aliphatic heterocycles. The van der Waals surface area contributed by atoms with Gasteiger partial charge in [-0.15, -0.1) is 0 Å². The number of hydrogen-bond acceptors (Lipinski definition) is 5. The van der Waals surface area contributed by atoms with E-state index in [0.717, 1.165) is 12.3 Å². The molecule has 0 amide bonds. The minimum absolute atomic E-state index is 0.292. The standard InChI is InChI=1S/C9H11FN2O4/c10-6-4(9(15)16)1-2-12-7(6)8(14)5(13)3-11/h1-2,5,8,13-14H,3,11H2,(H,15,16). The van der Waals surface area contributed by atoms with Gasteiger partial charge in [0.2, 0.25) is 0 Å². The maximum atomic E-state index is 13.5. The van der Waals surface area contributed by atoms with E-state index < -0.39 is 35.3 Å². The summed E-state index contributed by atoms with van der Waals surface area (Å²) in [5, 5.41) is 27.3. The minimum atomic E-state index is -1.65. The summed E-state index contributed by atoms with van der Waals surface area (Å²) < 4.78 is 13.5. The van der Waals surface area contributed by atoms with E-state index in [1.807, 2.05) is 0 Å². The second-order valence-corrected chi connectivity index (χ2v) is 3.11. The molecule has 0 aliphatic rings. The number of aliphatic hydroxyl groups is 2. The summed E-state index contributed by atoms with van der Waals surface area (Å²) in [5.74, 6) is -2.65. The molecule has 1 aromatic rings. The van der Waals surface area contributed by atoms with E-state index in [-0.39, 0.29) is 6.54 Å². The number of rotatable bonds is 4. The fourth-order valence-corrected chi connectivity index (χ4v) is 1.14. The van der Waals surface area contributed by atoms with Crippen molar-refractivity contribution in [1.82, 2.24) is 4.98 Å². The van der Waals surface area contributed by atoms with Gasteiger partial charge in [-0.25, -0.2) is 9.18 Å². The fraction of sp³-hybridized carbons (Fsp3) is 0.333. The van der Waals surface area contributed by atoms with Crippen molar-refractivity contribution >= 4 is 5.97 Å². The number of nitrogens with two attached hydrogens (primary N) is 1. The molecule has 6 nitrogen and oxygen atoms in total. The smallest absolute Gasteiger partial charge is 0.338 e. The molecule has 0 fully saturated rings. The predicted molar refractivity (Wildman–Crippen MR) is 51.2 cm³/mol. The highest BCUT2D eigenvalue weighted by atomic mass is 19.1. The summed E-state index contributed by atoms with van der Waals surface area (Å²) in [6.07, 6.45) is -2.01. The van der Waals surface area contributed by atoms with Crippen LogP contribution in [-0.4, -0.2) is 38.9 Å². The normalized spacial score (nSPS) is 14.5. The number of carboxylic acid groups (broad SMARTS) is 1. The highest BCUT2D eigenvalue weighted by molar-refractivity contribution is 5.87. The van der Waals surface area contributed by atoms with Crippen molar-refractivity contribution in [1.29, 1.82) is 0 Å². The Morgan fingerprint density at radius 1 is 1.56 bits per heavy atom. The van der Waals surface area contributed by atoms with Gasteiger partial charge in [-0.2, -0.15) is 0 Å². The van der Waals surface area contributed by atoms with Crippen LogP contribution >= 0.6 is 0 Å². The number of aromatic nitrogens is 1. The van der Waals surface area contributed by atoms with Gasteiger partial charge in [0.1, 0.15) is 11.8 Å². The first-order chi connectivity index (χ1) is 7.49. The Morgan fingerprint density at radius 3 is 2.69 bits per heavy atom. The number of carbonyl (C=O) groups is 1. The second kappa shape index (κ2) is 4.97. The lowest BCUT2D eigenvalue weighted by Crippen LogP contribution is -2.28. The molecule has 2 atom stereocenters. The summed E-state index contributed by atoms with van der Waals surface area (Å²) in [4.78, 5) is 14.1. The fourth-order valence-electron chi connectivity index (χ4n) is 1.14. The summed E-state index contributed by atoms with van der Waals surface area (Å²) >= 11 is 0. The molecule has 0 radical (unpaired) electrons. The summed E-state index contributed by atoms with van der Waals surface area (Å²) in [5.41, 5.74) is 3.93. The summed E-state index contributed by atoms with van der Waals surface area (Å²) in [6, 6.07) is 0.961. The van der Waals surface area contributed by atoms with Crippen LogP contribution in [0, 0.1) is 5.82 Å². The number of carboxylic acids is 1. The van der Waals surface area contributed by atoms with Crippen LogP contribution < -0.4 is 5.73 Å². The van der Waals surface area contributed by atoms with Crippen molar-refractivity contribution in [3.63, 3.8) is 0 Å². The van der Waals surface area contributed by atoms with Crippen molar-refractivity contribution in [2.24, 2.45) is 5.73 Å². The third-order valence-corrected chi connectivity index (χ3v) is 2.03. The number of aliphatic hydroxyl groups excluding tert-OH is 2. The number of pyridine rings is 1. The molecule has 0 bridgehead atoms. The lowest BCUT2D eigenvalue weighted by Gasteiger charge is -2.16. The van der Waals surface area contributed by atoms with Crippen LogP contribution in [0.4, 0.5) is 4.39 Å². The molecule has 1 heterocycles. The van der Waals surface area contributed by atoms with Crippen LogP contribution in [0.15, 0.2) is 12.3 Å². The molecular weight excluding hydrogens is 219 g/mol. The molecule has 0 spiro atoms. The lowest BCUT2D eigenvalue weighted by atomic mass is 10.1. The van der Waals surface area contributed by atoms with Crippen LogP contribution in [0.2, 0.25) is 0 Å². The van der Waals surface area contributed by atoms with E-state index in [9.17, 15) is 19.4 Å². The lowest BCUT2D eigenvalue weighted by molar-refractivity contribution is 0.0191. The number of nitrogens with zero attached hydrogens (tertiary/aromatic N) is 1. The van der Waals surface area contributed by atoms with Crippen molar-refractivity contribution < 1.29 is 24.5 Å². The van der Waals surface area contributed by atoms with Crippen LogP contribution in [-0.2, 0) is 0 Å². The molecule has 1 rings (SSSR count). The van der Waals surface area contributed by atoms with Gasteiger partial charge in [-0.05, 0) is 6.07 Å². The Balaban J connectivity index is 3.15. The largest absolute Gasteiger partial charge is 0.478 e. The molecular formula is C9H11FN2O4. The Labute approximate surface area is 90.2 Å². The topological polar surface area (TPSA) is 117 Å². The second-order valence-electron chi connectivity index (χ2n) is 3.11. The van der Waals surface area contributed by atoms with Gasteiger partial charge < -0.3 is 21.1 Å². The first-order valence-electron chi connectivity index (χ1n) is 4.43. The van der Waals surface area contributed by atoms with Crippen molar-refractivity contribution in [3.8, 4) is 0 Å². The Hall–Kier alpha value is -1.57. The third kappa shape index (κ3) is 2.32. The third-order valence-electron chi connectivity index (χ3n) is 2.03. The Bertz CT molecular complexity index is 399. The number of aromatic carboxylic acids is 1. The summed E-state index contributed by atoms with van der Waals surface area (Å²) in [6.45, 7) is -0.292. The zero-order valence-electron chi connectivity index (χ0n) is 8.17. The Kier molecular flexibility index (Phi) is 3.88. The maximum absolute atomic E-state index is 13.5. The first-order valence-corrected chi connectivity index (χ1v) is 4.43. The van der Waals surface area contributed by atoms with E-state index >= 15 is 0 Å². The highest BCUT2D eigenvalue weighted by Gasteiger charge is 2.25. The predicted octanol–water partition coefficient (Wildman–Crippen LogP) is -0.728. The van der Waals surface area contributed by atoms with Crippen LogP contribution in [0.5, 0.6) is 0 Å². The molecule has 5 N–H and O–H groups in total. The van der Waals surface area contributed by atoms with E-state index in [1.54, 1.807) is 0 Å². The average molecular weight is 230 g/mol. The average Bonchev–Trinajstić information content (AvgIpc) is 2.27. The van der Waals surface area contributed by atoms with Gasteiger partial charge in [0.05, 0.1) is 11.7 Å². The molecule has 0 saturated heterocycles. The van der Waals surface area contributed by atoms with E-state index in [4.69, 9.17) is 10.8 Å². The van der Waals surface area contributed by atoms with Crippen LogP contribution in [0.3, 0.4) is 0 Å². The number of halogens is 1. The highest BCUT2D eigenvalue weighted by Crippen LogP contribution is 2.20. The molecule has 0 aromatic carbocycles. The molecule has 16 heavy (non-hydrogen) atoms.